The first-order chi connectivity index (χ1) is 9.85. The van der Waals surface area contributed by atoms with Gasteiger partial charge in [-0.15, -0.1) is 0 Å². The molecule has 0 bridgehead atoms. The molecule has 8 heteroatoms. The van der Waals surface area contributed by atoms with Crippen molar-refractivity contribution in [2.24, 2.45) is 5.92 Å². The second-order valence-electron chi connectivity index (χ2n) is 4.60. The van der Waals surface area contributed by atoms with Gasteiger partial charge in [0.15, 0.2) is 0 Å². The summed E-state index contributed by atoms with van der Waals surface area (Å²) in [6.45, 7) is 1.80. The molecule has 0 heterocycles. The van der Waals surface area contributed by atoms with Gasteiger partial charge >= 0.3 is 5.97 Å². The number of hydrogen-bond acceptors (Lipinski definition) is 5. The van der Waals surface area contributed by atoms with E-state index in [-0.39, 0.29) is 37.0 Å². The quantitative estimate of drug-likeness (QED) is 0.609. The minimum absolute atomic E-state index is 0.0215. The highest BCUT2D eigenvalue weighted by Crippen LogP contribution is 2.16. The van der Waals surface area contributed by atoms with E-state index in [4.69, 9.17) is 14.9 Å². The van der Waals surface area contributed by atoms with Gasteiger partial charge in [-0.25, -0.2) is 13.1 Å². The molecule has 118 valence electrons. The first-order valence-electron chi connectivity index (χ1n) is 6.40. The topological polar surface area (TPSA) is 113 Å². The smallest absolute Gasteiger partial charge is 0.306 e. The highest BCUT2D eigenvalue weighted by molar-refractivity contribution is 7.89. The highest BCUT2D eigenvalue weighted by Gasteiger charge is 2.14. The first-order valence-corrected chi connectivity index (χ1v) is 7.88. The van der Waals surface area contributed by atoms with E-state index in [1.807, 2.05) is 0 Å². The summed E-state index contributed by atoms with van der Waals surface area (Å²) in [6, 6.07) is 5.68. The molecule has 0 saturated carbocycles. The molecule has 0 amide bonds. The number of aliphatic carboxylic acids is 1. The Hall–Kier alpha value is -1.64. The molecule has 1 rings (SSSR count). The maximum Gasteiger partial charge on any atom is 0.306 e. The lowest BCUT2D eigenvalue weighted by Gasteiger charge is -2.11. The van der Waals surface area contributed by atoms with Crippen LogP contribution >= 0.6 is 0 Å². The number of nitrogens with one attached hydrogen (secondary N) is 1. The fourth-order valence-electron chi connectivity index (χ4n) is 1.37. The Bertz CT molecular complexity index is 555. The molecule has 0 aromatic heterocycles. The molecule has 0 aliphatic rings. The van der Waals surface area contributed by atoms with E-state index in [0.29, 0.717) is 5.75 Å². The van der Waals surface area contributed by atoms with Crippen molar-refractivity contribution in [2.45, 2.75) is 18.2 Å². The largest absolute Gasteiger partial charge is 0.493 e. The lowest BCUT2D eigenvalue weighted by molar-refractivity contribution is -0.137. The zero-order valence-corrected chi connectivity index (χ0v) is 12.5. The number of benzene rings is 1. The van der Waals surface area contributed by atoms with Gasteiger partial charge < -0.3 is 14.9 Å². The predicted octanol–water partition coefficient (Wildman–Crippen LogP) is 0.447. The average Bonchev–Trinajstić information content (AvgIpc) is 2.45. The molecule has 0 radical (unpaired) electrons. The zero-order valence-electron chi connectivity index (χ0n) is 11.7. The number of carboxylic acids is 1. The molecular weight excluding hydrogens is 298 g/mol. The van der Waals surface area contributed by atoms with Crippen LogP contribution in [0.5, 0.6) is 5.75 Å². The van der Waals surface area contributed by atoms with E-state index >= 15 is 0 Å². The third-order valence-corrected chi connectivity index (χ3v) is 4.09. The molecule has 21 heavy (non-hydrogen) atoms. The lowest BCUT2D eigenvalue weighted by Crippen LogP contribution is -2.29. The molecule has 3 N–H and O–H groups in total. The fourth-order valence-corrected chi connectivity index (χ4v) is 2.54. The number of ether oxygens (including phenoxy) is 1. The standard InChI is InChI=1S/C13H19NO6S/c1-10(9-15)8-14-21(18,19)12-4-2-11(3-5-12)20-7-6-13(16)17/h2-5,10,14-15H,6-9H2,1H3,(H,16,17). The lowest BCUT2D eigenvalue weighted by atomic mass is 10.2. The summed E-state index contributed by atoms with van der Waals surface area (Å²) in [6.07, 6.45) is -0.124. The summed E-state index contributed by atoms with van der Waals surface area (Å²) in [5.41, 5.74) is 0. The summed E-state index contributed by atoms with van der Waals surface area (Å²) in [5.74, 6) is -0.728. The first kappa shape index (κ1) is 17.4. The van der Waals surface area contributed by atoms with Crippen LogP contribution in [0.2, 0.25) is 0 Å². The minimum Gasteiger partial charge on any atom is -0.493 e. The molecule has 0 spiro atoms. The van der Waals surface area contributed by atoms with E-state index < -0.39 is 16.0 Å². The van der Waals surface area contributed by atoms with Gasteiger partial charge in [0.2, 0.25) is 10.0 Å². The van der Waals surface area contributed by atoms with Crippen LogP contribution in [0.1, 0.15) is 13.3 Å². The highest BCUT2D eigenvalue weighted by atomic mass is 32.2. The monoisotopic (exact) mass is 317 g/mol. The van der Waals surface area contributed by atoms with Gasteiger partial charge in [0.25, 0.3) is 0 Å². The maximum atomic E-state index is 12.0. The van der Waals surface area contributed by atoms with Gasteiger partial charge in [0.05, 0.1) is 17.9 Å². The Kier molecular flexibility index (Phi) is 6.60. The summed E-state index contributed by atoms with van der Waals surface area (Å²) in [5, 5.41) is 17.3. The van der Waals surface area contributed by atoms with Crippen molar-refractivity contribution in [1.82, 2.24) is 4.72 Å². The van der Waals surface area contributed by atoms with Gasteiger partial charge in [-0.2, -0.15) is 0 Å². The third kappa shape index (κ3) is 6.11. The van der Waals surface area contributed by atoms with Crippen LogP contribution in [0, 0.1) is 5.92 Å². The van der Waals surface area contributed by atoms with Crippen molar-refractivity contribution >= 4 is 16.0 Å². The van der Waals surface area contributed by atoms with Crippen molar-refractivity contribution in [3.63, 3.8) is 0 Å². The van der Waals surface area contributed by atoms with E-state index in [9.17, 15) is 13.2 Å². The molecule has 0 saturated heterocycles. The molecule has 1 atom stereocenters. The normalized spacial score (nSPS) is 12.9. The Balaban J connectivity index is 2.61. The molecule has 0 aliphatic heterocycles. The Morgan fingerprint density at radius 3 is 2.48 bits per heavy atom. The number of hydrogen-bond donors (Lipinski definition) is 3. The molecule has 0 aliphatic carbocycles. The molecule has 1 unspecified atom stereocenters. The summed E-state index contributed by atoms with van der Waals surface area (Å²) in [4.78, 5) is 10.4. The van der Waals surface area contributed by atoms with Crippen LogP contribution in [0.25, 0.3) is 0 Å². The van der Waals surface area contributed by atoms with E-state index in [1.54, 1.807) is 6.92 Å². The van der Waals surface area contributed by atoms with E-state index in [2.05, 4.69) is 4.72 Å². The third-order valence-electron chi connectivity index (χ3n) is 2.65. The number of aliphatic hydroxyl groups is 1. The second-order valence-corrected chi connectivity index (χ2v) is 6.37. The fraction of sp³-hybridized carbons (Fsp3) is 0.462. The minimum atomic E-state index is -3.63. The van der Waals surface area contributed by atoms with Gasteiger partial charge in [-0.05, 0) is 30.2 Å². The number of sulfonamides is 1. The van der Waals surface area contributed by atoms with Crippen molar-refractivity contribution in [3.05, 3.63) is 24.3 Å². The number of rotatable bonds is 9. The number of carbonyl (C=O) groups is 1. The van der Waals surface area contributed by atoms with Crippen LogP contribution in [0.4, 0.5) is 0 Å². The van der Waals surface area contributed by atoms with Crippen LogP contribution in [-0.4, -0.2) is 44.4 Å². The Morgan fingerprint density at radius 2 is 1.95 bits per heavy atom. The second kappa shape index (κ2) is 7.96. The Labute approximate surface area is 123 Å². The van der Waals surface area contributed by atoms with Crippen molar-refractivity contribution in [3.8, 4) is 5.75 Å². The summed E-state index contributed by atoms with van der Waals surface area (Å²) >= 11 is 0. The SMILES string of the molecule is CC(CO)CNS(=O)(=O)c1ccc(OCCC(=O)O)cc1. The van der Waals surface area contributed by atoms with Crippen LogP contribution in [0.3, 0.4) is 0 Å². The maximum absolute atomic E-state index is 12.0. The van der Waals surface area contributed by atoms with Gasteiger partial charge in [0, 0.05) is 13.2 Å². The molecule has 0 fully saturated rings. The zero-order chi connectivity index (χ0) is 15.9. The van der Waals surface area contributed by atoms with Crippen molar-refractivity contribution in [1.29, 1.82) is 0 Å². The summed E-state index contributed by atoms with van der Waals surface area (Å²) < 4.78 is 31.5. The Morgan fingerprint density at radius 1 is 1.33 bits per heavy atom. The number of aliphatic hydroxyl groups excluding tert-OH is 1. The predicted molar refractivity (Wildman–Crippen MR) is 75.6 cm³/mol. The van der Waals surface area contributed by atoms with E-state index in [1.165, 1.54) is 24.3 Å². The average molecular weight is 317 g/mol. The van der Waals surface area contributed by atoms with Crippen LogP contribution in [-0.2, 0) is 14.8 Å². The summed E-state index contributed by atoms with van der Waals surface area (Å²) in [7, 11) is -3.63. The van der Waals surface area contributed by atoms with Gasteiger partial charge in [-0.1, -0.05) is 6.92 Å². The van der Waals surface area contributed by atoms with Crippen molar-refractivity contribution in [2.75, 3.05) is 19.8 Å². The van der Waals surface area contributed by atoms with E-state index in [0.717, 1.165) is 0 Å². The molecule has 1 aromatic rings. The van der Waals surface area contributed by atoms with Gasteiger partial charge in [0.1, 0.15) is 5.75 Å². The van der Waals surface area contributed by atoms with Crippen LogP contribution in [0.15, 0.2) is 29.2 Å². The molecule has 1 aromatic carbocycles. The van der Waals surface area contributed by atoms with Crippen molar-refractivity contribution < 1.29 is 28.2 Å². The molecule has 7 nitrogen and oxygen atoms in total. The van der Waals surface area contributed by atoms with Gasteiger partial charge in [-0.3, -0.25) is 4.79 Å². The molecular formula is C13H19NO6S. The number of carboxylic acid groups (broad SMARTS) is 1. The van der Waals surface area contributed by atoms with Crippen LogP contribution < -0.4 is 9.46 Å².